The zero-order chi connectivity index (χ0) is 26.1. The van der Waals surface area contributed by atoms with Gasteiger partial charge in [0.05, 0.1) is 18.0 Å². The first-order valence-electron chi connectivity index (χ1n) is 12.7. The molecule has 1 aliphatic rings. The van der Waals surface area contributed by atoms with Crippen molar-refractivity contribution < 1.29 is 14.3 Å². The minimum Gasteiger partial charge on any atom is -0.383 e. The third-order valence-electron chi connectivity index (χ3n) is 6.89. The predicted molar refractivity (Wildman–Crippen MR) is 144 cm³/mol. The molecule has 196 valence electrons. The normalized spacial score (nSPS) is 15.8. The molecule has 9 nitrogen and oxygen atoms in total. The average molecular weight is 497 g/mol. The zero-order valence-corrected chi connectivity index (χ0v) is 21.9. The maximum Gasteiger partial charge on any atom is 0.313 e. The Balaban J connectivity index is 1.44. The molecule has 1 aromatic carbocycles. The van der Waals surface area contributed by atoms with Crippen LogP contribution in [0.1, 0.15) is 31.4 Å². The number of amides is 2. The molecule has 9 heteroatoms. The molecule has 1 fully saturated rings. The van der Waals surface area contributed by atoms with Gasteiger partial charge in [0.25, 0.3) is 0 Å². The van der Waals surface area contributed by atoms with Crippen molar-refractivity contribution >= 4 is 29.0 Å². The van der Waals surface area contributed by atoms with Crippen LogP contribution in [0, 0.1) is 5.92 Å². The lowest BCUT2D eigenvalue weighted by Crippen LogP contribution is -2.44. The van der Waals surface area contributed by atoms with Crippen LogP contribution in [-0.2, 0) is 27.2 Å². The summed E-state index contributed by atoms with van der Waals surface area (Å²) in [7, 11) is 3.85. The summed E-state index contributed by atoms with van der Waals surface area (Å²) in [5.74, 6) is -0.956. The van der Waals surface area contributed by atoms with Crippen LogP contribution in [0.15, 0.2) is 36.5 Å². The molecule has 3 rings (SSSR count). The Bertz CT molecular complexity index is 1010. The molecule has 2 amide bonds. The third kappa shape index (κ3) is 7.66. The number of nitrogen functional groups attached to an aromatic ring is 1. The standard InChI is InChI=1S/C27H40N6O3/c1-5-21-16-22(18-29-25(21)28)31-27(35)26(34)30-17-19(2)24(36-4)11-8-20-6-9-23(10-7-20)33-14-12-32(3)13-15-33/h6-7,9-10,16,18-19,24H,5,8,11-15,17H2,1-4H3,(H2,28,29)(H,30,34)(H,31,35)/t19-,24?/m1/s1. The van der Waals surface area contributed by atoms with Gasteiger partial charge in [0.2, 0.25) is 0 Å². The Labute approximate surface area is 214 Å². The van der Waals surface area contributed by atoms with E-state index in [0.29, 0.717) is 24.5 Å². The minimum absolute atomic E-state index is 0.0425. The Morgan fingerprint density at radius 3 is 2.47 bits per heavy atom. The van der Waals surface area contributed by atoms with E-state index >= 15 is 0 Å². The minimum atomic E-state index is -0.731. The van der Waals surface area contributed by atoms with E-state index in [-0.39, 0.29) is 12.0 Å². The lowest BCUT2D eigenvalue weighted by atomic mass is 9.97. The number of benzene rings is 1. The Morgan fingerprint density at radius 2 is 1.83 bits per heavy atom. The molecule has 1 unspecified atom stereocenters. The molecule has 2 aromatic rings. The summed E-state index contributed by atoms with van der Waals surface area (Å²) in [6.45, 7) is 8.59. The topological polar surface area (TPSA) is 113 Å². The first-order chi connectivity index (χ1) is 17.3. The fraction of sp³-hybridized carbons (Fsp3) is 0.519. The van der Waals surface area contributed by atoms with Gasteiger partial charge in [-0.2, -0.15) is 0 Å². The van der Waals surface area contributed by atoms with Gasteiger partial charge in [0, 0.05) is 45.5 Å². The zero-order valence-electron chi connectivity index (χ0n) is 21.9. The fourth-order valence-electron chi connectivity index (χ4n) is 4.41. The van der Waals surface area contributed by atoms with Crippen LogP contribution in [-0.4, -0.2) is 74.7 Å². The third-order valence-corrected chi connectivity index (χ3v) is 6.89. The largest absolute Gasteiger partial charge is 0.383 e. The smallest absolute Gasteiger partial charge is 0.313 e. The molecule has 0 bridgehead atoms. The molecular weight excluding hydrogens is 456 g/mol. The average Bonchev–Trinajstić information content (AvgIpc) is 2.89. The summed E-state index contributed by atoms with van der Waals surface area (Å²) in [5, 5.41) is 5.30. The van der Waals surface area contributed by atoms with Crippen LogP contribution in [0.5, 0.6) is 0 Å². The number of anilines is 3. The molecule has 2 atom stereocenters. The van der Waals surface area contributed by atoms with Crippen LogP contribution in [0.3, 0.4) is 0 Å². The number of carbonyl (C=O) groups excluding carboxylic acids is 2. The molecule has 0 saturated carbocycles. The SMILES string of the molecule is CCc1cc(NC(=O)C(=O)NC[C@@H](C)C(CCc2ccc(N3CCN(C)CC3)cc2)OC)cnc1N. The molecule has 36 heavy (non-hydrogen) atoms. The number of rotatable bonds is 10. The second kappa shape index (κ2) is 13.2. The van der Waals surface area contributed by atoms with Crippen LogP contribution >= 0.6 is 0 Å². The Kier molecular flexibility index (Phi) is 10.1. The van der Waals surface area contributed by atoms with E-state index in [1.165, 1.54) is 17.4 Å². The fourth-order valence-corrected chi connectivity index (χ4v) is 4.41. The number of piperazine rings is 1. The van der Waals surface area contributed by atoms with E-state index in [1.54, 1.807) is 13.2 Å². The number of pyridine rings is 1. The lowest BCUT2D eigenvalue weighted by Gasteiger charge is -2.34. The molecule has 0 spiro atoms. The summed E-state index contributed by atoms with van der Waals surface area (Å²) in [6.07, 6.45) is 3.79. The monoisotopic (exact) mass is 496 g/mol. The van der Waals surface area contributed by atoms with Crippen LogP contribution in [0.2, 0.25) is 0 Å². The number of hydrogen-bond donors (Lipinski definition) is 3. The molecule has 1 aliphatic heterocycles. The van der Waals surface area contributed by atoms with Gasteiger partial charge in [-0.1, -0.05) is 26.0 Å². The summed E-state index contributed by atoms with van der Waals surface area (Å²) in [4.78, 5) is 33.5. The molecule has 4 N–H and O–H groups in total. The molecule has 1 saturated heterocycles. The number of nitrogens with zero attached hydrogens (tertiary/aromatic N) is 3. The number of ether oxygens (including phenoxy) is 1. The maximum atomic E-state index is 12.3. The molecule has 1 aromatic heterocycles. The van der Waals surface area contributed by atoms with E-state index in [9.17, 15) is 9.59 Å². The highest BCUT2D eigenvalue weighted by atomic mass is 16.5. The summed E-state index contributed by atoms with van der Waals surface area (Å²) in [6, 6.07) is 10.5. The molecule has 0 aliphatic carbocycles. The van der Waals surface area contributed by atoms with Gasteiger partial charge in [-0.25, -0.2) is 4.98 Å². The second-order valence-corrected chi connectivity index (χ2v) is 9.53. The number of aryl methyl sites for hydroxylation is 2. The second-order valence-electron chi connectivity index (χ2n) is 9.53. The van der Waals surface area contributed by atoms with Crippen molar-refractivity contribution in [1.82, 2.24) is 15.2 Å². The van der Waals surface area contributed by atoms with E-state index in [4.69, 9.17) is 10.5 Å². The number of carbonyl (C=O) groups is 2. The number of aromatic nitrogens is 1. The van der Waals surface area contributed by atoms with Crippen molar-refractivity contribution in [2.24, 2.45) is 5.92 Å². The Morgan fingerprint density at radius 1 is 1.14 bits per heavy atom. The van der Waals surface area contributed by atoms with E-state index < -0.39 is 11.8 Å². The number of methoxy groups -OCH3 is 1. The van der Waals surface area contributed by atoms with Gasteiger partial charge in [-0.05, 0) is 61.6 Å². The van der Waals surface area contributed by atoms with Crippen molar-refractivity contribution in [2.45, 2.75) is 39.2 Å². The maximum absolute atomic E-state index is 12.3. The van der Waals surface area contributed by atoms with Gasteiger partial charge in [0.1, 0.15) is 5.82 Å². The van der Waals surface area contributed by atoms with E-state index in [0.717, 1.165) is 44.6 Å². The van der Waals surface area contributed by atoms with E-state index in [1.807, 2.05) is 13.8 Å². The van der Waals surface area contributed by atoms with Crippen LogP contribution in [0.25, 0.3) is 0 Å². The highest BCUT2D eigenvalue weighted by molar-refractivity contribution is 6.39. The summed E-state index contributed by atoms with van der Waals surface area (Å²) < 4.78 is 5.70. The quantitative estimate of drug-likeness (QED) is 0.433. The predicted octanol–water partition coefficient (Wildman–Crippen LogP) is 2.32. The van der Waals surface area contributed by atoms with E-state index in [2.05, 4.69) is 56.7 Å². The molecule has 0 radical (unpaired) electrons. The van der Waals surface area contributed by atoms with Crippen molar-refractivity contribution in [3.05, 3.63) is 47.7 Å². The van der Waals surface area contributed by atoms with Crippen molar-refractivity contribution in [3.63, 3.8) is 0 Å². The van der Waals surface area contributed by atoms with Crippen molar-refractivity contribution in [3.8, 4) is 0 Å². The van der Waals surface area contributed by atoms with Crippen molar-refractivity contribution in [2.75, 3.05) is 62.8 Å². The van der Waals surface area contributed by atoms with Gasteiger partial charge in [-0.15, -0.1) is 0 Å². The molecular formula is C27H40N6O3. The highest BCUT2D eigenvalue weighted by Gasteiger charge is 2.21. The number of nitrogens with two attached hydrogens (primary N) is 1. The van der Waals surface area contributed by atoms with Gasteiger partial charge in [-0.3, -0.25) is 9.59 Å². The van der Waals surface area contributed by atoms with Gasteiger partial charge < -0.3 is 30.9 Å². The first-order valence-corrected chi connectivity index (χ1v) is 12.7. The number of likely N-dealkylation sites (N-methyl/N-ethyl adjacent to an activating group) is 1. The van der Waals surface area contributed by atoms with Crippen LogP contribution in [0.4, 0.5) is 17.2 Å². The lowest BCUT2D eigenvalue weighted by molar-refractivity contribution is -0.136. The highest BCUT2D eigenvalue weighted by Crippen LogP contribution is 2.20. The summed E-state index contributed by atoms with van der Waals surface area (Å²) in [5.41, 5.74) is 9.59. The number of hydrogen-bond acceptors (Lipinski definition) is 7. The van der Waals surface area contributed by atoms with Crippen molar-refractivity contribution in [1.29, 1.82) is 0 Å². The summed E-state index contributed by atoms with van der Waals surface area (Å²) >= 11 is 0. The molecule has 2 heterocycles. The first kappa shape index (κ1) is 27.4. The Hall–Kier alpha value is -3.17. The van der Waals surface area contributed by atoms with Gasteiger partial charge in [0.15, 0.2) is 0 Å². The van der Waals surface area contributed by atoms with Gasteiger partial charge >= 0.3 is 11.8 Å². The number of nitrogens with one attached hydrogen (secondary N) is 2. The van der Waals surface area contributed by atoms with Crippen LogP contribution < -0.4 is 21.3 Å².